The van der Waals surface area contributed by atoms with E-state index in [0.29, 0.717) is 13.0 Å². The highest BCUT2D eigenvalue weighted by molar-refractivity contribution is 7.47. The first kappa shape index (κ1) is 55.5. The zero-order chi connectivity index (χ0) is 41.9. The molecule has 3 atom stereocenters. The zero-order valence-electron chi connectivity index (χ0n) is 36.7. The zero-order valence-corrected chi connectivity index (χ0v) is 37.6. The van der Waals surface area contributed by atoms with E-state index in [4.69, 9.17) is 29.4 Å². The summed E-state index contributed by atoms with van der Waals surface area (Å²) in [6, 6.07) is -1.47. The standard InChI is InChI=1S/C46H88NO9P/c1-3-5-7-9-11-13-15-17-19-21-23-25-27-29-31-33-35-37-39-53-40-43(41-54-57(51,52)55-42-44(47)46(49)50)56-45(48)38-36-34-32-30-28-26-24-22-20-18-16-14-12-10-8-6-4-2/h12,14,18,20,43-44H,3-11,13,15-17,19,21-42,47H2,1-2H3,(H,49,50)(H,51,52)/b14-12-,20-18-/t43-,44+/m1/s1. The molecule has 4 N–H and O–H groups in total. The number of nitrogens with two attached hydrogens (primary N) is 1. The van der Waals surface area contributed by atoms with Crippen molar-refractivity contribution in [3.8, 4) is 0 Å². The molecule has 0 aromatic heterocycles. The van der Waals surface area contributed by atoms with Crippen LogP contribution in [0.1, 0.15) is 219 Å². The van der Waals surface area contributed by atoms with Gasteiger partial charge in [0.25, 0.3) is 0 Å². The Kier molecular flexibility index (Phi) is 41.4. The Morgan fingerprint density at radius 3 is 1.46 bits per heavy atom. The molecule has 10 nitrogen and oxygen atoms in total. The molecule has 0 rings (SSSR count). The van der Waals surface area contributed by atoms with E-state index in [1.807, 2.05) is 0 Å². The van der Waals surface area contributed by atoms with Gasteiger partial charge in [0, 0.05) is 13.0 Å². The van der Waals surface area contributed by atoms with E-state index in [-0.39, 0.29) is 13.0 Å². The van der Waals surface area contributed by atoms with Crippen LogP contribution < -0.4 is 5.73 Å². The molecular weight excluding hydrogens is 741 g/mol. The van der Waals surface area contributed by atoms with Gasteiger partial charge in [-0.3, -0.25) is 18.6 Å². The highest BCUT2D eigenvalue weighted by Gasteiger charge is 2.27. The van der Waals surface area contributed by atoms with Gasteiger partial charge in [0.2, 0.25) is 0 Å². The minimum absolute atomic E-state index is 0.0181. The Balaban J connectivity index is 4.18. The van der Waals surface area contributed by atoms with Gasteiger partial charge in [-0.25, -0.2) is 4.57 Å². The van der Waals surface area contributed by atoms with Crippen LogP contribution >= 0.6 is 7.82 Å². The van der Waals surface area contributed by atoms with Crippen LogP contribution in [-0.4, -0.2) is 60.5 Å². The Morgan fingerprint density at radius 1 is 0.561 bits per heavy atom. The second-order valence-electron chi connectivity index (χ2n) is 15.9. The first-order chi connectivity index (χ1) is 27.7. The summed E-state index contributed by atoms with van der Waals surface area (Å²) in [7, 11) is -4.62. The Bertz CT molecular complexity index is 1010. The topological polar surface area (TPSA) is 155 Å². The molecule has 0 amide bonds. The number of esters is 1. The fourth-order valence-electron chi connectivity index (χ4n) is 6.58. The number of carboxylic acids is 1. The van der Waals surface area contributed by atoms with Crippen LogP contribution in [0.5, 0.6) is 0 Å². The van der Waals surface area contributed by atoms with E-state index in [9.17, 15) is 19.0 Å². The minimum Gasteiger partial charge on any atom is -0.480 e. The molecule has 336 valence electrons. The molecule has 0 aromatic rings. The molecular formula is C46H88NO9P. The fraction of sp³-hybridized carbons (Fsp3) is 0.870. The van der Waals surface area contributed by atoms with Gasteiger partial charge in [0.05, 0.1) is 19.8 Å². The van der Waals surface area contributed by atoms with Crippen LogP contribution in [0, 0.1) is 0 Å². The molecule has 0 spiro atoms. The molecule has 0 saturated heterocycles. The summed E-state index contributed by atoms with van der Waals surface area (Å²) in [6.07, 6.45) is 46.5. The van der Waals surface area contributed by atoms with Gasteiger partial charge in [0.15, 0.2) is 0 Å². The maximum atomic E-state index is 12.6. The van der Waals surface area contributed by atoms with E-state index in [0.717, 1.165) is 51.4 Å². The van der Waals surface area contributed by atoms with Crippen molar-refractivity contribution in [2.24, 2.45) is 5.73 Å². The van der Waals surface area contributed by atoms with Crippen LogP contribution in [0.3, 0.4) is 0 Å². The third-order valence-corrected chi connectivity index (χ3v) is 11.2. The first-order valence-corrected chi connectivity index (χ1v) is 24.9. The van der Waals surface area contributed by atoms with Gasteiger partial charge in [-0.2, -0.15) is 0 Å². The Morgan fingerprint density at radius 2 is 0.965 bits per heavy atom. The maximum absolute atomic E-state index is 12.6. The van der Waals surface area contributed by atoms with E-state index in [2.05, 4.69) is 38.2 Å². The van der Waals surface area contributed by atoms with Crippen molar-refractivity contribution >= 4 is 19.8 Å². The third kappa shape index (κ3) is 42.4. The second-order valence-corrected chi connectivity index (χ2v) is 17.3. The number of hydrogen-bond acceptors (Lipinski definition) is 8. The van der Waals surface area contributed by atoms with Gasteiger partial charge >= 0.3 is 19.8 Å². The third-order valence-electron chi connectivity index (χ3n) is 10.2. The smallest absolute Gasteiger partial charge is 0.472 e. The predicted molar refractivity (Wildman–Crippen MR) is 235 cm³/mol. The van der Waals surface area contributed by atoms with Crippen molar-refractivity contribution < 1.29 is 42.7 Å². The molecule has 0 heterocycles. The molecule has 57 heavy (non-hydrogen) atoms. The minimum atomic E-state index is -4.62. The number of carbonyl (C=O) groups excluding carboxylic acids is 1. The lowest BCUT2D eigenvalue weighted by Gasteiger charge is -2.20. The van der Waals surface area contributed by atoms with Crippen molar-refractivity contribution in [3.05, 3.63) is 24.3 Å². The van der Waals surface area contributed by atoms with Crippen LogP contribution in [-0.2, 0) is 32.7 Å². The van der Waals surface area contributed by atoms with Gasteiger partial charge < -0.3 is 25.2 Å². The quantitative estimate of drug-likeness (QED) is 0.0234. The summed E-state index contributed by atoms with van der Waals surface area (Å²) < 4.78 is 33.4. The molecule has 0 radical (unpaired) electrons. The average molecular weight is 830 g/mol. The molecule has 1 unspecified atom stereocenters. The molecule has 0 aromatic carbocycles. The molecule has 0 aliphatic heterocycles. The highest BCUT2D eigenvalue weighted by Crippen LogP contribution is 2.43. The number of aliphatic carboxylic acids is 1. The van der Waals surface area contributed by atoms with Gasteiger partial charge in [-0.1, -0.05) is 192 Å². The van der Waals surface area contributed by atoms with Crippen LogP contribution in [0.25, 0.3) is 0 Å². The highest BCUT2D eigenvalue weighted by atomic mass is 31.2. The van der Waals surface area contributed by atoms with Crippen molar-refractivity contribution in [1.29, 1.82) is 0 Å². The van der Waals surface area contributed by atoms with Crippen molar-refractivity contribution in [1.82, 2.24) is 0 Å². The summed E-state index contributed by atoms with van der Waals surface area (Å²) >= 11 is 0. The van der Waals surface area contributed by atoms with Crippen LogP contribution in [0.4, 0.5) is 0 Å². The fourth-order valence-corrected chi connectivity index (χ4v) is 7.35. The molecule has 0 saturated carbocycles. The van der Waals surface area contributed by atoms with Crippen LogP contribution in [0.15, 0.2) is 24.3 Å². The average Bonchev–Trinajstić information content (AvgIpc) is 3.19. The normalized spacial score (nSPS) is 14.0. The number of rotatable bonds is 45. The molecule has 0 aliphatic carbocycles. The monoisotopic (exact) mass is 830 g/mol. The summed E-state index contributed by atoms with van der Waals surface area (Å²) in [5, 5.41) is 8.91. The van der Waals surface area contributed by atoms with Crippen molar-refractivity contribution in [2.45, 2.75) is 231 Å². The number of allylic oxidation sites excluding steroid dienone is 4. The lowest BCUT2D eigenvalue weighted by Crippen LogP contribution is -2.34. The van der Waals surface area contributed by atoms with Gasteiger partial charge in [0.1, 0.15) is 12.1 Å². The van der Waals surface area contributed by atoms with Crippen molar-refractivity contribution in [2.75, 3.05) is 26.4 Å². The largest absolute Gasteiger partial charge is 0.480 e. The Hall–Kier alpha value is -1.55. The number of carboxylic acid groups (broad SMARTS) is 1. The Labute approximate surface area is 349 Å². The molecule has 0 bridgehead atoms. The number of carbonyl (C=O) groups is 2. The summed E-state index contributed by atoms with van der Waals surface area (Å²) in [5.41, 5.74) is 5.36. The van der Waals surface area contributed by atoms with E-state index < -0.39 is 45.1 Å². The maximum Gasteiger partial charge on any atom is 0.472 e. The number of phosphoric acid groups is 1. The predicted octanol–water partition coefficient (Wildman–Crippen LogP) is 13.1. The van der Waals surface area contributed by atoms with E-state index >= 15 is 0 Å². The number of unbranched alkanes of at least 4 members (excludes halogenated alkanes) is 27. The molecule has 11 heteroatoms. The second kappa shape index (κ2) is 42.6. The SMILES string of the molecule is CCCCC/C=C\C/C=C\CCCCCCCCCC(=O)O[C@H](COCCCCCCCCCCCCCCCCCCCC)COP(=O)(O)OC[C@H](N)C(=O)O. The summed E-state index contributed by atoms with van der Waals surface area (Å²) in [6.45, 7) is 3.88. The lowest BCUT2D eigenvalue weighted by molar-refractivity contribution is -0.154. The molecule has 0 fully saturated rings. The number of phosphoric ester groups is 1. The number of hydrogen-bond donors (Lipinski definition) is 3. The van der Waals surface area contributed by atoms with Crippen molar-refractivity contribution in [3.63, 3.8) is 0 Å². The molecule has 0 aliphatic rings. The summed E-state index contributed by atoms with van der Waals surface area (Å²) in [5.74, 6) is -1.78. The van der Waals surface area contributed by atoms with Gasteiger partial charge in [-0.05, 0) is 44.9 Å². The van der Waals surface area contributed by atoms with E-state index in [1.165, 1.54) is 141 Å². The van der Waals surface area contributed by atoms with Gasteiger partial charge in [-0.15, -0.1) is 0 Å². The van der Waals surface area contributed by atoms with E-state index in [1.54, 1.807) is 0 Å². The first-order valence-electron chi connectivity index (χ1n) is 23.4. The van der Waals surface area contributed by atoms with Crippen LogP contribution in [0.2, 0.25) is 0 Å². The summed E-state index contributed by atoms with van der Waals surface area (Å²) in [4.78, 5) is 33.6. The lowest BCUT2D eigenvalue weighted by atomic mass is 10.0. The number of ether oxygens (including phenoxy) is 2.